The standard InChI is InChI=1S/C17H28N2O2/c1-6-19(7-2)15-10-8-14(9-11-15)16(20)18-12-17(5,21)13(3)4/h8-11,13,21H,6-7,12H2,1-5H3,(H,18,20). The summed E-state index contributed by atoms with van der Waals surface area (Å²) in [7, 11) is 0. The summed E-state index contributed by atoms with van der Waals surface area (Å²) in [5.41, 5.74) is 0.841. The van der Waals surface area contributed by atoms with Crippen LogP contribution in [0.25, 0.3) is 0 Å². The van der Waals surface area contributed by atoms with Crippen LogP contribution in [0.1, 0.15) is 45.0 Å². The minimum absolute atomic E-state index is 0.0860. The smallest absolute Gasteiger partial charge is 0.251 e. The van der Waals surface area contributed by atoms with Crippen LogP contribution in [0.3, 0.4) is 0 Å². The Balaban J connectivity index is 2.68. The molecule has 0 heterocycles. The molecule has 0 spiro atoms. The van der Waals surface area contributed by atoms with Crippen molar-refractivity contribution >= 4 is 11.6 Å². The summed E-state index contributed by atoms with van der Waals surface area (Å²) < 4.78 is 0. The van der Waals surface area contributed by atoms with Crippen LogP contribution in [-0.2, 0) is 0 Å². The summed E-state index contributed by atoms with van der Waals surface area (Å²) >= 11 is 0. The molecule has 0 saturated heterocycles. The molecule has 1 rings (SSSR count). The molecule has 1 aromatic rings. The van der Waals surface area contributed by atoms with E-state index in [1.165, 1.54) is 0 Å². The Bertz CT molecular complexity index is 448. The topological polar surface area (TPSA) is 52.6 Å². The van der Waals surface area contributed by atoms with Gasteiger partial charge < -0.3 is 15.3 Å². The van der Waals surface area contributed by atoms with Crippen molar-refractivity contribution in [3.63, 3.8) is 0 Å². The average molecular weight is 292 g/mol. The van der Waals surface area contributed by atoms with Gasteiger partial charge in [0, 0.05) is 30.9 Å². The summed E-state index contributed by atoms with van der Waals surface area (Å²) in [5.74, 6) is -0.0649. The summed E-state index contributed by atoms with van der Waals surface area (Å²) in [6, 6.07) is 7.57. The molecule has 2 N–H and O–H groups in total. The monoisotopic (exact) mass is 292 g/mol. The van der Waals surface area contributed by atoms with Crippen molar-refractivity contribution in [1.29, 1.82) is 0 Å². The first-order valence-electron chi connectivity index (χ1n) is 7.67. The largest absolute Gasteiger partial charge is 0.388 e. The van der Waals surface area contributed by atoms with Gasteiger partial charge in [0.05, 0.1) is 5.60 Å². The van der Waals surface area contributed by atoms with E-state index in [4.69, 9.17) is 0 Å². The van der Waals surface area contributed by atoms with Gasteiger partial charge in [0.15, 0.2) is 0 Å². The van der Waals surface area contributed by atoms with E-state index in [0.717, 1.165) is 18.8 Å². The zero-order chi connectivity index (χ0) is 16.0. The van der Waals surface area contributed by atoms with Crippen molar-refractivity contribution in [2.45, 2.75) is 40.2 Å². The molecule has 0 aromatic heterocycles. The lowest BCUT2D eigenvalue weighted by atomic mass is 9.92. The summed E-state index contributed by atoms with van der Waals surface area (Å²) in [5, 5.41) is 12.9. The first-order chi connectivity index (χ1) is 9.81. The maximum absolute atomic E-state index is 12.1. The van der Waals surface area contributed by atoms with Crippen LogP contribution in [-0.4, -0.2) is 36.2 Å². The van der Waals surface area contributed by atoms with Crippen LogP contribution in [0.15, 0.2) is 24.3 Å². The lowest BCUT2D eigenvalue weighted by molar-refractivity contribution is 0.0142. The van der Waals surface area contributed by atoms with Crippen molar-refractivity contribution in [3.05, 3.63) is 29.8 Å². The number of hydrogen-bond acceptors (Lipinski definition) is 3. The van der Waals surface area contributed by atoms with Gasteiger partial charge in [-0.15, -0.1) is 0 Å². The quantitative estimate of drug-likeness (QED) is 0.812. The first kappa shape index (κ1) is 17.5. The number of nitrogens with zero attached hydrogens (tertiary/aromatic N) is 1. The van der Waals surface area contributed by atoms with Gasteiger partial charge in [0.25, 0.3) is 5.91 Å². The van der Waals surface area contributed by atoms with E-state index in [1.807, 2.05) is 38.1 Å². The fraction of sp³-hybridized carbons (Fsp3) is 0.588. The van der Waals surface area contributed by atoms with Crippen LogP contribution in [0.2, 0.25) is 0 Å². The summed E-state index contributed by atoms with van der Waals surface area (Å²) in [6.07, 6.45) is 0. The Labute approximate surface area is 128 Å². The highest BCUT2D eigenvalue weighted by atomic mass is 16.3. The number of nitrogens with one attached hydrogen (secondary N) is 1. The molecule has 1 atom stereocenters. The zero-order valence-electron chi connectivity index (χ0n) is 13.8. The van der Waals surface area contributed by atoms with Crippen LogP contribution in [0.4, 0.5) is 5.69 Å². The second kappa shape index (κ2) is 7.46. The van der Waals surface area contributed by atoms with Gasteiger partial charge in [-0.05, 0) is 51.0 Å². The Morgan fingerprint density at radius 1 is 1.24 bits per heavy atom. The van der Waals surface area contributed by atoms with Crippen molar-refractivity contribution in [1.82, 2.24) is 5.32 Å². The Kier molecular flexibility index (Phi) is 6.21. The fourth-order valence-corrected chi connectivity index (χ4v) is 1.98. The molecule has 1 amide bonds. The Morgan fingerprint density at radius 3 is 2.19 bits per heavy atom. The predicted octanol–water partition coefficient (Wildman–Crippen LogP) is 2.67. The molecule has 4 nitrogen and oxygen atoms in total. The molecule has 1 unspecified atom stereocenters. The summed E-state index contributed by atoms with van der Waals surface area (Å²) in [6.45, 7) is 12.0. The number of rotatable bonds is 7. The maximum Gasteiger partial charge on any atom is 0.251 e. The van der Waals surface area contributed by atoms with Crippen LogP contribution < -0.4 is 10.2 Å². The lowest BCUT2D eigenvalue weighted by Gasteiger charge is -2.27. The number of amides is 1. The number of anilines is 1. The predicted molar refractivity (Wildman–Crippen MR) is 87.8 cm³/mol. The molecule has 0 fully saturated rings. The van der Waals surface area contributed by atoms with Gasteiger partial charge in [-0.25, -0.2) is 0 Å². The second-order valence-corrected chi connectivity index (χ2v) is 5.91. The average Bonchev–Trinajstić information content (AvgIpc) is 2.46. The minimum atomic E-state index is -0.892. The number of aliphatic hydroxyl groups is 1. The third-order valence-corrected chi connectivity index (χ3v) is 4.11. The second-order valence-electron chi connectivity index (χ2n) is 5.91. The van der Waals surface area contributed by atoms with Crippen molar-refractivity contribution in [2.24, 2.45) is 5.92 Å². The van der Waals surface area contributed by atoms with Crippen molar-refractivity contribution in [3.8, 4) is 0 Å². The highest BCUT2D eigenvalue weighted by Crippen LogP contribution is 2.16. The third-order valence-electron chi connectivity index (χ3n) is 4.11. The van der Waals surface area contributed by atoms with E-state index >= 15 is 0 Å². The highest BCUT2D eigenvalue weighted by Gasteiger charge is 2.25. The van der Waals surface area contributed by atoms with Gasteiger partial charge >= 0.3 is 0 Å². The molecule has 0 radical (unpaired) electrons. The van der Waals surface area contributed by atoms with Crippen LogP contribution in [0.5, 0.6) is 0 Å². The molecule has 0 aliphatic heterocycles. The lowest BCUT2D eigenvalue weighted by Crippen LogP contribution is -2.44. The molecular weight excluding hydrogens is 264 g/mol. The molecule has 4 heteroatoms. The van der Waals surface area contributed by atoms with Crippen LogP contribution >= 0.6 is 0 Å². The normalized spacial score (nSPS) is 13.9. The van der Waals surface area contributed by atoms with Gasteiger partial charge in [0.1, 0.15) is 0 Å². The molecule has 0 bridgehead atoms. The molecule has 0 aliphatic rings. The Morgan fingerprint density at radius 2 is 1.76 bits per heavy atom. The SMILES string of the molecule is CCN(CC)c1ccc(C(=O)NCC(C)(O)C(C)C)cc1. The number of carbonyl (C=O) groups excluding carboxylic acids is 1. The van der Waals surface area contributed by atoms with Gasteiger partial charge in [0.2, 0.25) is 0 Å². The molecular formula is C17H28N2O2. The van der Waals surface area contributed by atoms with Gasteiger partial charge in [-0.1, -0.05) is 13.8 Å². The molecule has 118 valence electrons. The van der Waals surface area contributed by atoms with E-state index in [9.17, 15) is 9.90 Å². The van der Waals surface area contributed by atoms with E-state index in [1.54, 1.807) is 6.92 Å². The van der Waals surface area contributed by atoms with E-state index in [0.29, 0.717) is 5.56 Å². The van der Waals surface area contributed by atoms with E-state index in [2.05, 4.69) is 24.1 Å². The van der Waals surface area contributed by atoms with Crippen molar-refractivity contribution < 1.29 is 9.90 Å². The molecule has 1 aromatic carbocycles. The zero-order valence-corrected chi connectivity index (χ0v) is 13.8. The molecule has 0 saturated carbocycles. The molecule has 0 aliphatic carbocycles. The van der Waals surface area contributed by atoms with Crippen molar-refractivity contribution in [2.75, 3.05) is 24.5 Å². The fourth-order valence-electron chi connectivity index (χ4n) is 1.98. The summed E-state index contributed by atoms with van der Waals surface area (Å²) in [4.78, 5) is 14.3. The molecule has 21 heavy (non-hydrogen) atoms. The first-order valence-corrected chi connectivity index (χ1v) is 7.67. The minimum Gasteiger partial charge on any atom is -0.388 e. The van der Waals surface area contributed by atoms with Crippen LogP contribution in [0, 0.1) is 5.92 Å². The number of hydrogen-bond donors (Lipinski definition) is 2. The number of carbonyl (C=O) groups is 1. The number of benzene rings is 1. The van der Waals surface area contributed by atoms with Gasteiger partial charge in [-0.2, -0.15) is 0 Å². The van der Waals surface area contributed by atoms with E-state index < -0.39 is 5.60 Å². The highest BCUT2D eigenvalue weighted by molar-refractivity contribution is 5.94. The van der Waals surface area contributed by atoms with E-state index in [-0.39, 0.29) is 18.4 Å². The van der Waals surface area contributed by atoms with Gasteiger partial charge in [-0.3, -0.25) is 4.79 Å². The maximum atomic E-state index is 12.1. The Hall–Kier alpha value is -1.55. The third kappa shape index (κ3) is 4.74.